The molecular formula is C28H39ClN4O3. The van der Waals surface area contributed by atoms with Crippen LogP contribution in [-0.2, 0) is 13.1 Å². The second-order valence-corrected chi connectivity index (χ2v) is 10.8. The highest BCUT2D eigenvalue weighted by atomic mass is 35.5. The van der Waals surface area contributed by atoms with Crippen LogP contribution in [-0.4, -0.2) is 83.2 Å². The monoisotopic (exact) mass is 514 g/mol. The number of fused-ring (bicyclic) bond motifs is 1. The zero-order valence-electron chi connectivity index (χ0n) is 21.6. The molecule has 0 saturated carbocycles. The Morgan fingerprint density at radius 3 is 2.22 bits per heavy atom. The van der Waals surface area contributed by atoms with Crippen LogP contribution in [0.15, 0.2) is 30.3 Å². The van der Waals surface area contributed by atoms with Gasteiger partial charge in [0, 0.05) is 70.2 Å². The van der Waals surface area contributed by atoms with Gasteiger partial charge < -0.3 is 24.9 Å². The number of likely N-dealkylation sites (N-methyl/N-ethyl adjacent to an activating group) is 1. The van der Waals surface area contributed by atoms with E-state index in [-0.39, 0.29) is 41.3 Å². The maximum Gasteiger partial charge on any atom is 0.258 e. The Morgan fingerprint density at radius 1 is 0.889 bits per heavy atom. The third-order valence-electron chi connectivity index (χ3n) is 8.08. The summed E-state index contributed by atoms with van der Waals surface area (Å²) in [7, 11) is 2.21. The van der Waals surface area contributed by atoms with Crippen LogP contribution in [0.25, 0.3) is 0 Å². The summed E-state index contributed by atoms with van der Waals surface area (Å²) < 4.78 is 0. The summed E-state index contributed by atoms with van der Waals surface area (Å²) in [6.07, 6.45) is 2.40. The molecule has 5 rings (SSSR count). The summed E-state index contributed by atoms with van der Waals surface area (Å²) in [6.45, 7) is 11.8. The molecule has 0 aliphatic carbocycles. The zero-order valence-corrected chi connectivity index (χ0v) is 22.4. The van der Waals surface area contributed by atoms with Gasteiger partial charge in [-0.3, -0.25) is 9.69 Å². The van der Waals surface area contributed by atoms with Crippen molar-refractivity contribution in [3.05, 3.63) is 52.6 Å². The van der Waals surface area contributed by atoms with E-state index in [0.29, 0.717) is 24.7 Å². The van der Waals surface area contributed by atoms with Gasteiger partial charge in [-0.15, -0.1) is 12.4 Å². The van der Waals surface area contributed by atoms with Gasteiger partial charge in [-0.1, -0.05) is 19.9 Å². The molecule has 2 aromatic rings. The van der Waals surface area contributed by atoms with Crippen LogP contribution in [0.4, 0.5) is 5.69 Å². The van der Waals surface area contributed by atoms with Crippen LogP contribution < -0.4 is 4.90 Å². The third kappa shape index (κ3) is 5.29. The van der Waals surface area contributed by atoms with E-state index in [1.54, 1.807) is 11.0 Å². The van der Waals surface area contributed by atoms with Crippen LogP contribution in [0.1, 0.15) is 59.7 Å². The number of phenols is 2. The molecule has 0 atom stereocenters. The number of halogens is 1. The lowest BCUT2D eigenvalue weighted by atomic mass is 9.98. The van der Waals surface area contributed by atoms with Crippen molar-refractivity contribution in [3.8, 4) is 11.5 Å². The number of benzene rings is 2. The fourth-order valence-corrected chi connectivity index (χ4v) is 5.80. The average Bonchev–Trinajstić information content (AvgIpc) is 3.28. The molecule has 0 spiro atoms. The normalized spacial score (nSPS) is 19.4. The molecule has 0 unspecified atom stereocenters. The molecule has 36 heavy (non-hydrogen) atoms. The number of piperidine rings is 1. The molecule has 2 saturated heterocycles. The minimum Gasteiger partial charge on any atom is -0.508 e. The zero-order chi connectivity index (χ0) is 24.7. The number of aromatic hydroxyl groups is 2. The molecule has 0 bridgehead atoms. The van der Waals surface area contributed by atoms with Gasteiger partial charge in [0.15, 0.2) is 0 Å². The molecule has 3 heterocycles. The van der Waals surface area contributed by atoms with Gasteiger partial charge in [0.05, 0.1) is 5.56 Å². The minimum atomic E-state index is -0.199. The fraction of sp³-hybridized carbons (Fsp3) is 0.536. The second kappa shape index (κ2) is 10.9. The fourth-order valence-electron chi connectivity index (χ4n) is 5.80. The number of phenolic OH excluding ortho intramolecular Hbond substituents is 2. The van der Waals surface area contributed by atoms with Crippen molar-refractivity contribution in [2.24, 2.45) is 0 Å². The molecule has 7 nitrogen and oxygen atoms in total. The standard InChI is InChI=1S/C28H38N4O3.ClH/c1-19(2)24-15-25(27(34)16-26(24)33)28(35)32-17-20-4-5-23(14-21(20)18-32)30-8-6-22(7-9-30)31-12-10-29(3)11-13-31;/h4-5,14-16,19,22,33-34H,6-13,17-18H2,1-3H3;1H. The number of hydrogen-bond donors (Lipinski definition) is 2. The number of nitrogens with zero attached hydrogens (tertiary/aromatic N) is 4. The molecule has 0 aromatic heterocycles. The van der Waals surface area contributed by atoms with E-state index in [2.05, 4.69) is 39.9 Å². The number of carbonyl (C=O) groups is 1. The summed E-state index contributed by atoms with van der Waals surface area (Å²) in [5, 5.41) is 20.5. The van der Waals surface area contributed by atoms with Crippen LogP contribution in [0.3, 0.4) is 0 Å². The molecule has 0 radical (unpaired) electrons. The lowest BCUT2D eigenvalue weighted by molar-refractivity contribution is 0.0748. The van der Waals surface area contributed by atoms with Gasteiger partial charge in [-0.25, -0.2) is 0 Å². The van der Waals surface area contributed by atoms with Gasteiger partial charge >= 0.3 is 0 Å². The highest BCUT2D eigenvalue weighted by Crippen LogP contribution is 2.35. The summed E-state index contributed by atoms with van der Waals surface area (Å²) in [4.78, 5) is 22.6. The van der Waals surface area contributed by atoms with Crippen molar-refractivity contribution < 1.29 is 15.0 Å². The van der Waals surface area contributed by atoms with Gasteiger partial charge in [0.25, 0.3) is 5.91 Å². The molecule has 2 aromatic carbocycles. The largest absolute Gasteiger partial charge is 0.508 e. The topological polar surface area (TPSA) is 70.5 Å². The maximum absolute atomic E-state index is 13.3. The van der Waals surface area contributed by atoms with Crippen LogP contribution in [0.5, 0.6) is 11.5 Å². The number of carbonyl (C=O) groups excluding carboxylic acids is 1. The summed E-state index contributed by atoms with van der Waals surface area (Å²) in [6, 6.07) is 10.2. The Morgan fingerprint density at radius 2 is 1.56 bits per heavy atom. The highest BCUT2D eigenvalue weighted by Gasteiger charge is 2.30. The van der Waals surface area contributed by atoms with Crippen LogP contribution in [0, 0.1) is 0 Å². The number of hydrogen-bond acceptors (Lipinski definition) is 6. The first-order valence-corrected chi connectivity index (χ1v) is 12.9. The molecule has 2 N–H and O–H groups in total. The van der Waals surface area contributed by atoms with Crippen molar-refractivity contribution in [1.29, 1.82) is 0 Å². The molecule has 8 heteroatoms. The Kier molecular flexibility index (Phi) is 8.03. The first kappa shape index (κ1) is 26.6. The van der Waals surface area contributed by atoms with E-state index >= 15 is 0 Å². The van der Waals surface area contributed by atoms with E-state index in [1.807, 2.05) is 13.8 Å². The van der Waals surface area contributed by atoms with E-state index in [1.165, 1.54) is 56.3 Å². The first-order chi connectivity index (χ1) is 16.8. The summed E-state index contributed by atoms with van der Waals surface area (Å²) >= 11 is 0. The molecule has 1 amide bonds. The Labute approximate surface area is 220 Å². The minimum absolute atomic E-state index is 0. The SMILES string of the molecule is CC(C)c1cc(C(=O)N2Cc3ccc(N4CCC(N5CCN(C)CC5)CC4)cc3C2)c(O)cc1O.Cl. The molecule has 3 aliphatic heterocycles. The molecule has 2 fully saturated rings. The second-order valence-electron chi connectivity index (χ2n) is 10.8. The predicted molar refractivity (Wildman–Crippen MR) is 145 cm³/mol. The highest BCUT2D eigenvalue weighted by molar-refractivity contribution is 5.97. The van der Waals surface area contributed by atoms with E-state index in [0.717, 1.165) is 18.7 Å². The van der Waals surface area contributed by atoms with E-state index < -0.39 is 0 Å². The van der Waals surface area contributed by atoms with Crippen LogP contribution >= 0.6 is 12.4 Å². The summed E-state index contributed by atoms with van der Waals surface area (Å²) in [5.74, 6) is -0.285. The first-order valence-electron chi connectivity index (χ1n) is 12.9. The molecular weight excluding hydrogens is 476 g/mol. The summed E-state index contributed by atoms with van der Waals surface area (Å²) in [5.41, 5.74) is 4.51. The van der Waals surface area contributed by atoms with E-state index in [4.69, 9.17) is 0 Å². The maximum atomic E-state index is 13.3. The van der Waals surface area contributed by atoms with Crippen molar-refractivity contribution >= 4 is 24.0 Å². The Hall–Kier alpha value is -2.48. The average molecular weight is 515 g/mol. The molecule has 196 valence electrons. The lowest BCUT2D eigenvalue weighted by Crippen LogP contribution is -2.52. The third-order valence-corrected chi connectivity index (χ3v) is 8.08. The van der Waals surface area contributed by atoms with Gasteiger partial charge in [0.1, 0.15) is 11.5 Å². The molecule has 3 aliphatic rings. The Balaban J connectivity index is 0.00000304. The van der Waals surface area contributed by atoms with Crippen molar-refractivity contribution in [2.75, 3.05) is 51.2 Å². The Bertz CT molecular complexity index is 1090. The van der Waals surface area contributed by atoms with Crippen molar-refractivity contribution in [2.45, 2.75) is 51.7 Å². The van der Waals surface area contributed by atoms with Gasteiger partial charge in [-0.2, -0.15) is 0 Å². The van der Waals surface area contributed by atoms with Crippen LogP contribution in [0.2, 0.25) is 0 Å². The number of amides is 1. The lowest BCUT2D eigenvalue weighted by Gasteiger charge is -2.42. The van der Waals surface area contributed by atoms with Gasteiger partial charge in [0.2, 0.25) is 0 Å². The predicted octanol–water partition coefficient (Wildman–Crippen LogP) is 4.02. The van der Waals surface area contributed by atoms with E-state index in [9.17, 15) is 15.0 Å². The smallest absolute Gasteiger partial charge is 0.258 e. The van der Waals surface area contributed by atoms with Crippen molar-refractivity contribution in [1.82, 2.24) is 14.7 Å². The number of rotatable bonds is 4. The number of piperazine rings is 1. The van der Waals surface area contributed by atoms with Gasteiger partial charge in [-0.05, 0) is 60.7 Å². The number of anilines is 1. The van der Waals surface area contributed by atoms with Crippen molar-refractivity contribution in [3.63, 3.8) is 0 Å². The quantitative estimate of drug-likeness (QED) is 0.642.